The van der Waals surface area contributed by atoms with E-state index in [1.54, 1.807) is 0 Å². The lowest BCUT2D eigenvalue weighted by atomic mass is 9.81. The van der Waals surface area contributed by atoms with Crippen LogP contribution in [-0.4, -0.2) is 0 Å². The highest BCUT2D eigenvalue weighted by Crippen LogP contribution is 2.28. The first-order valence-electron chi connectivity index (χ1n) is 5.16. The van der Waals surface area contributed by atoms with Gasteiger partial charge < -0.3 is 0 Å². The van der Waals surface area contributed by atoms with E-state index in [4.69, 9.17) is 0 Å². The quantitative estimate of drug-likeness (QED) is 0.659. The molecule has 0 aromatic heterocycles. The summed E-state index contributed by atoms with van der Waals surface area (Å²) in [7, 11) is 0. The summed E-state index contributed by atoms with van der Waals surface area (Å²) < 4.78 is 0. The largest absolute Gasteiger partial charge is 0.0905 e. The molecule has 0 heterocycles. The molecule has 0 nitrogen and oxygen atoms in total. The van der Waals surface area contributed by atoms with Crippen LogP contribution >= 0.6 is 0 Å². The van der Waals surface area contributed by atoms with E-state index in [1.165, 1.54) is 11.1 Å². The Bertz CT molecular complexity index is 326. The fourth-order valence-corrected chi connectivity index (χ4v) is 1.84. The maximum atomic E-state index is 3.74. The first kappa shape index (κ1) is 11.0. The average Bonchev–Trinajstić information content (AvgIpc) is 2.15. The molecule has 1 aromatic carbocycles. The second kappa shape index (κ2) is 4.00. The minimum atomic E-state index is 0.207. The third-order valence-electron chi connectivity index (χ3n) is 2.53. The summed E-state index contributed by atoms with van der Waals surface area (Å²) in [5.41, 5.74) is 4.15. The summed E-state index contributed by atoms with van der Waals surface area (Å²) in [6.45, 7) is 12.7. The topological polar surface area (TPSA) is 0 Å². The van der Waals surface area contributed by atoms with Gasteiger partial charge in [-0.2, -0.15) is 0 Å². The molecule has 1 aromatic rings. The van der Waals surface area contributed by atoms with Crippen molar-refractivity contribution in [1.82, 2.24) is 0 Å². The van der Waals surface area contributed by atoms with E-state index in [0.29, 0.717) is 0 Å². The Kier molecular flexibility index (Phi) is 3.15. The molecule has 0 amide bonds. The van der Waals surface area contributed by atoms with Crippen LogP contribution in [0.4, 0.5) is 0 Å². The van der Waals surface area contributed by atoms with Crippen molar-refractivity contribution >= 4 is 0 Å². The Labute approximate surface area is 87.7 Å². The maximum absolute atomic E-state index is 3.74. The van der Waals surface area contributed by atoms with Crippen LogP contribution < -0.4 is 0 Å². The lowest BCUT2D eigenvalue weighted by Gasteiger charge is -2.23. The number of benzene rings is 1. The van der Waals surface area contributed by atoms with Crippen molar-refractivity contribution in [3.8, 4) is 0 Å². The monoisotopic (exact) mass is 187 g/mol. The third kappa shape index (κ3) is 2.06. The van der Waals surface area contributed by atoms with E-state index in [-0.39, 0.29) is 5.41 Å². The normalized spacial score (nSPS) is 11.4. The number of hydrogen-bond acceptors (Lipinski definition) is 0. The second-order valence-corrected chi connectivity index (χ2v) is 4.61. The zero-order valence-electron chi connectivity index (χ0n) is 9.65. The highest BCUT2D eigenvalue weighted by atomic mass is 14.2. The minimum Gasteiger partial charge on any atom is -0.0905 e. The van der Waals surface area contributed by atoms with Crippen LogP contribution in [0.5, 0.6) is 0 Å². The molecule has 1 radical (unpaired) electrons. The van der Waals surface area contributed by atoms with Crippen LogP contribution in [-0.2, 0) is 11.8 Å². The molecule has 0 atom stereocenters. The van der Waals surface area contributed by atoms with Gasteiger partial charge in [0.15, 0.2) is 0 Å². The van der Waals surface area contributed by atoms with E-state index in [9.17, 15) is 0 Å². The number of rotatable bonds is 2. The third-order valence-corrected chi connectivity index (χ3v) is 2.53. The van der Waals surface area contributed by atoms with Crippen LogP contribution in [0.25, 0.3) is 0 Å². The van der Waals surface area contributed by atoms with Crippen molar-refractivity contribution in [2.75, 3.05) is 0 Å². The zero-order valence-corrected chi connectivity index (χ0v) is 9.65. The smallest absolute Gasteiger partial charge is 0.0129 e. The molecule has 0 N–H and O–H groups in total. The Morgan fingerprint density at radius 1 is 1.29 bits per heavy atom. The Morgan fingerprint density at radius 3 is 2.36 bits per heavy atom. The predicted molar refractivity (Wildman–Crippen MR) is 62.5 cm³/mol. The molecule has 0 heteroatoms. The fourth-order valence-electron chi connectivity index (χ4n) is 1.84. The standard InChI is InChI=1S/C14H19/c1-6-11-9-8-10-13(12(11)7-2)14(3,4)5/h8-10H,1,7H2,2-5H3. The van der Waals surface area contributed by atoms with Crippen LogP contribution in [0.15, 0.2) is 24.8 Å². The van der Waals surface area contributed by atoms with Crippen molar-refractivity contribution in [2.24, 2.45) is 0 Å². The second-order valence-electron chi connectivity index (χ2n) is 4.61. The Balaban J connectivity index is 3.36. The van der Waals surface area contributed by atoms with E-state index in [1.807, 2.05) is 0 Å². The molecule has 0 saturated carbocycles. The molecule has 75 valence electrons. The Morgan fingerprint density at radius 2 is 1.93 bits per heavy atom. The van der Waals surface area contributed by atoms with Gasteiger partial charge in [-0.25, -0.2) is 0 Å². The van der Waals surface area contributed by atoms with Crippen molar-refractivity contribution in [3.63, 3.8) is 0 Å². The molecular formula is C14H19. The first-order valence-corrected chi connectivity index (χ1v) is 5.16. The molecule has 0 fully saturated rings. The molecule has 14 heavy (non-hydrogen) atoms. The van der Waals surface area contributed by atoms with E-state index >= 15 is 0 Å². The van der Waals surface area contributed by atoms with E-state index < -0.39 is 0 Å². The van der Waals surface area contributed by atoms with E-state index in [2.05, 4.69) is 58.5 Å². The SMILES string of the molecule is C=[C]c1cccc(C(C)(C)C)c1CC. The first-order chi connectivity index (χ1) is 6.50. The molecule has 0 aliphatic rings. The van der Waals surface area contributed by atoms with Gasteiger partial charge in [0.1, 0.15) is 0 Å². The lowest BCUT2D eigenvalue weighted by Crippen LogP contribution is -2.14. The molecule has 0 unspecified atom stereocenters. The van der Waals surface area contributed by atoms with Gasteiger partial charge in [-0.15, -0.1) is 0 Å². The van der Waals surface area contributed by atoms with Crippen molar-refractivity contribution < 1.29 is 0 Å². The summed E-state index contributed by atoms with van der Waals surface area (Å²) in [6.07, 6.45) is 4.06. The van der Waals surface area contributed by atoms with Crippen LogP contribution in [0.1, 0.15) is 44.4 Å². The lowest BCUT2D eigenvalue weighted by molar-refractivity contribution is 0.583. The van der Waals surface area contributed by atoms with Gasteiger partial charge in [0.05, 0.1) is 0 Å². The molecule has 0 saturated heterocycles. The van der Waals surface area contributed by atoms with Gasteiger partial charge in [0, 0.05) is 0 Å². The molecule has 0 aliphatic carbocycles. The minimum absolute atomic E-state index is 0.207. The summed E-state index contributed by atoms with van der Waals surface area (Å²) in [5.74, 6) is 0. The Hall–Kier alpha value is -1.04. The summed E-state index contributed by atoms with van der Waals surface area (Å²) in [5, 5.41) is 0. The van der Waals surface area contributed by atoms with Crippen LogP contribution in [0, 0.1) is 6.08 Å². The van der Waals surface area contributed by atoms with Gasteiger partial charge in [-0.05, 0) is 34.6 Å². The van der Waals surface area contributed by atoms with Gasteiger partial charge >= 0.3 is 0 Å². The number of hydrogen-bond donors (Lipinski definition) is 0. The highest BCUT2D eigenvalue weighted by Gasteiger charge is 2.17. The summed E-state index contributed by atoms with van der Waals surface area (Å²) in [4.78, 5) is 0. The van der Waals surface area contributed by atoms with Gasteiger partial charge in [0.25, 0.3) is 0 Å². The van der Waals surface area contributed by atoms with Gasteiger partial charge in [-0.3, -0.25) is 0 Å². The van der Waals surface area contributed by atoms with E-state index in [0.717, 1.165) is 12.0 Å². The fraction of sp³-hybridized carbons (Fsp3) is 0.429. The van der Waals surface area contributed by atoms with Crippen LogP contribution in [0.2, 0.25) is 0 Å². The predicted octanol–water partition coefficient (Wildman–Crippen LogP) is 3.88. The van der Waals surface area contributed by atoms with Gasteiger partial charge in [-0.1, -0.05) is 52.5 Å². The van der Waals surface area contributed by atoms with Crippen molar-refractivity contribution in [2.45, 2.75) is 39.5 Å². The maximum Gasteiger partial charge on any atom is -0.0129 e. The van der Waals surface area contributed by atoms with Crippen molar-refractivity contribution in [3.05, 3.63) is 47.5 Å². The molecule has 0 aliphatic heterocycles. The molecule has 1 rings (SSSR count). The van der Waals surface area contributed by atoms with Crippen LogP contribution in [0.3, 0.4) is 0 Å². The molecular weight excluding hydrogens is 168 g/mol. The highest BCUT2D eigenvalue weighted by molar-refractivity contribution is 5.41. The summed E-state index contributed by atoms with van der Waals surface area (Å²) >= 11 is 0. The summed E-state index contributed by atoms with van der Waals surface area (Å²) in [6, 6.07) is 6.38. The van der Waals surface area contributed by atoms with Crippen molar-refractivity contribution in [1.29, 1.82) is 0 Å². The molecule has 0 spiro atoms. The van der Waals surface area contributed by atoms with Gasteiger partial charge in [0.2, 0.25) is 0 Å². The molecule has 0 bridgehead atoms. The average molecular weight is 187 g/mol. The zero-order chi connectivity index (χ0) is 10.8.